The summed E-state index contributed by atoms with van der Waals surface area (Å²) in [4.78, 5) is 0. The van der Waals surface area contributed by atoms with Gasteiger partial charge in [-0.2, -0.15) is 16.9 Å². The second-order valence-electron chi connectivity index (χ2n) is 4.46. The molecule has 0 bridgehead atoms. The van der Waals surface area contributed by atoms with Crippen molar-refractivity contribution in [3.8, 4) is 0 Å². The van der Waals surface area contributed by atoms with E-state index in [4.69, 9.17) is 0 Å². The van der Waals surface area contributed by atoms with Gasteiger partial charge in [0.2, 0.25) is 0 Å². The molecule has 2 rings (SSSR count). The molecule has 1 fully saturated rings. The van der Waals surface area contributed by atoms with Crippen LogP contribution in [-0.2, 0) is 7.05 Å². The number of nitrogens with zero attached hydrogens (tertiary/aromatic N) is 2. The summed E-state index contributed by atoms with van der Waals surface area (Å²) in [5, 5.41) is 8.51. The second-order valence-corrected chi connectivity index (χ2v) is 5.79. The highest BCUT2D eigenvalue weighted by atomic mass is 32.2. The van der Waals surface area contributed by atoms with Gasteiger partial charge in [0, 0.05) is 24.2 Å². The van der Waals surface area contributed by atoms with E-state index in [0.29, 0.717) is 6.04 Å². The highest BCUT2D eigenvalue weighted by molar-refractivity contribution is 7.99. The van der Waals surface area contributed by atoms with E-state index in [1.54, 1.807) is 0 Å². The summed E-state index contributed by atoms with van der Waals surface area (Å²) in [5.41, 5.74) is 1.29. The summed E-state index contributed by atoms with van der Waals surface area (Å²) in [6.45, 7) is 0. The molecule has 1 N–H and O–H groups in total. The lowest BCUT2D eigenvalue weighted by Gasteiger charge is -2.18. The van der Waals surface area contributed by atoms with Crippen molar-refractivity contribution >= 4 is 11.8 Å². The van der Waals surface area contributed by atoms with Crippen LogP contribution in [0.4, 0.5) is 0 Å². The molecule has 0 saturated heterocycles. The molecule has 0 aromatic carbocycles. The van der Waals surface area contributed by atoms with Crippen LogP contribution in [0.1, 0.15) is 37.4 Å². The fourth-order valence-electron chi connectivity index (χ4n) is 2.33. The van der Waals surface area contributed by atoms with Gasteiger partial charge in [0.1, 0.15) is 0 Å². The van der Waals surface area contributed by atoms with Crippen molar-refractivity contribution in [2.45, 2.75) is 37.0 Å². The normalized spacial score (nSPS) is 19.1. The minimum atomic E-state index is 0.429. The highest BCUT2D eigenvalue weighted by Crippen LogP contribution is 2.31. The van der Waals surface area contributed by atoms with E-state index in [0.717, 1.165) is 11.0 Å². The van der Waals surface area contributed by atoms with Crippen molar-refractivity contribution in [2.24, 2.45) is 7.05 Å². The average molecular weight is 239 g/mol. The van der Waals surface area contributed by atoms with Gasteiger partial charge in [-0.15, -0.1) is 0 Å². The van der Waals surface area contributed by atoms with E-state index in [1.165, 1.54) is 31.4 Å². The second kappa shape index (κ2) is 5.73. The van der Waals surface area contributed by atoms with E-state index in [9.17, 15) is 0 Å². The minimum absolute atomic E-state index is 0.429. The molecule has 1 heterocycles. The first-order valence-electron chi connectivity index (χ1n) is 6.08. The fourth-order valence-corrected chi connectivity index (χ4v) is 3.80. The molecule has 1 aliphatic carbocycles. The van der Waals surface area contributed by atoms with Crippen molar-refractivity contribution in [2.75, 3.05) is 12.8 Å². The highest BCUT2D eigenvalue weighted by Gasteiger charge is 2.19. The van der Waals surface area contributed by atoms with Crippen LogP contribution in [0.2, 0.25) is 0 Å². The summed E-state index contributed by atoms with van der Waals surface area (Å²) < 4.78 is 1.97. The number of aryl methyl sites for hydroxylation is 1. The molecule has 4 heteroatoms. The summed E-state index contributed by atoms with van der Waals surface area (Å²) >= 11 is 2.12. The largest absolute Gasteiger partial charge is 0.311 e. The van der Waals surface area contributed by atoms with Crippen molar-refractivity contribution in [1.29, 1.82) is 0 Å². The van der Waals surface area contributed by atoms with Crippen LogP contribution in [0.3, 0.4) is 0 Å². The lowest BCUT2D eigenvalue weighted by molar-refractivity contribution is 0.585. The van der Waals surface area contributed by atoms with Crippen LogP contribution in [0.25, 0.3) is 0 Å². The maximum Gasteiger partial charge on any atom is 0.0581 e. The van der Waals surface area contributed by atoms with Gasteiger partial charge in [0.25, 0.3) is 0 Å². The SMILES string of the molecule is CNC(CSC1CCCC1)c1ccnn1C. The Kier molecular flexibility index (Phi) is 4.29. The predicted molar refractivity (Wildman–Crippen MR) is 69.7 cm³/mol. The Bertz CT molecular complexity index is 318. The number of aromatic nitrogens is 2. The molecule has 16 heavy (non-hydrogen) atoms. The topological polar surface area (TPSA) is 29.9 Å². The molecule has 1 unspecified atom stereocenters. The predicted octanol–water partition coefficient (Wildman–Crippen LogP) is 2.36. The van der Waals surface area contributed by atoms with E-state index in [-0.39, 0.29) is 0 Å². The van der Waals surface area contributed by atoms with E-state index in [1.807, 2.05) is 25.0 Å². The van der Waals surface area contributed by atoms with Crippen molar-refractivity contribution in [3.05, 3.63) is 18.0 Å². The van der Waals surface area contributed by atoms with Gasteiger partial charge < -0.3 is 5.32 Å². The quantitative estimate of drug-likeness (QED) is 0.855. The van der Waals surface area contributed by atoms with Crippen LogP contribution in [-0.4, -0.2) is 27.8 Å². The van der Waals surface area contributed by atoms with E-state index in [2.05, 4.69) is 28.2 Å². The lowest BCUT2D eigenvalue weighted by Crippen LogP contribution is -2.22. The number of hydrogen-bond donors (Lipinski definition) is 1. The Labute approximate surface area is 102 Å². The first kappa shape index (κ1) is 12.0. The van der Waals surface area contributed by atoms with Gasteiger partial charge in [0.15, 0.2) is 0 Å². The maximum absolute atomic E-state index is 4.23. The zero-order chi connectivity index (χ0) is 11.4. The fraction of sp³-hybridized carbons (Fsp3) is 0.750. The van der Waals surface area contributed by atoms with Gasteiger partial charge in [-0.1, -0.05) is 12.8 Å². The Morgan fingerprint density at radius 2 is 2.31 bits per heavy atom. The summed E-state index contributed by atoms with van der Waals surface area (Å²) in [6, 6.07) is 2.54. The Morgan fingerprint density at radius 3 is 2.88 bits per heavy atom. The Balaban J connectivity index is 1.88. The van der Waals surface area contributed by atoms with E-state index < -0.39 is 0 Å². The van der Waals surface area contributed by atoms with Crippen LogP contribution < -0.4 is 5.32 Å². The molecular weight excluding hydrogens is 218 g/mol. The monoisotopic (exact) mass is 239 g/mol. The van der Waals surface area contributed by atoms with Gasteiger partial charge in [0.05, 0.1) is 11.7 Å². The summed E-state index contributed by atoms with van der Waals surface area (Å²) in [5.74, 6) is 1.15. The first-order valence-corrected chi connectivity index (χ1v) is 7.13. The molecule has 1 aromatic rings. The van der Waals surface area contributed by atoms with Crippen molar-refractivity contribution in [3.63, 3.8) is 0 Å². The molecule has 0 amide bonds. The lowest BCUT2D eigenvalue weighted by atomic mass is 10.2. The number of hydrogen-bond acceptors (Lipinski definition) is 3. The number of nitrogens with one attached hydrogen (secondary N) is 1. The maximum atomic E-state index is 4.23. The molecule has 0 aliphatic heterocycles. The summed E-state index contributed by atoms with van der Waals surface area (Å²) in [7, 11) is 4.05. The molecule has 3 nitrogen and oxygen atoms in total. The Morgan fingerprint density at radius 1 is 1.56 bits per heavy atom. The zero-order valence-corrected chi connectivity index (χ0v) is 11.0. The van der Waals surface area contributed by atoms with Crippen molar-refractivity contribution < 1.29 is 0 Å². The zero-order valence-electron chi connectivity index (χ0n) is 10.1. The third kappa shape index (κ3) is 2.80. The molecule has 1 atom stereocenters. The molecule has 1 aliphatic rings. The van der Waals surface area contributed by atoms with E-state index >= 15 is 0 Å². The average Bonchev–Trinajstić information content (AvgIpc) is 2.92. The van der Waals surface area contributed by atoms with Crippen LogP contribution in [0, 0.1) is 0 Å². The smallest absolute Gasteiger partial charge is 0.0581 e. The summed E-state index contributed by atoms with van der Waals surface area (Å²) in [6.07, 6.45) is 7.54. The molecule has 0 radical (unpaired) electrons. The first-order chi connectivity index (χ1) is 7.81. The van der Waals surface area contributed by atoms with Crippen molar-refractivity contribution in [1.82, 2.24) is 15.1 Å². The minimum Gasteiger partial charge on any atom is -0.311 e. The van der Waals surface area contributed by atoms with Crippen LogP contribution >= 0.6 is 11.8 Å². The van der Waals surface area contributed by atoms with Crippen LogP contribution in [0.15, 0.2) is 12.3 Å². The van der Waals surface area contributed by atoms with Crippen LogP contribution in [0.5, 0.6) is 0 Å². The third-order valence-electron chi connectivity index (χ3n) is 3.37. The molecule has 0 spiro atoms. The third-order valence-corrected chi connectivity index (χ3v) is 4.83. The molecule has 90 valence electrons. The molecule has 1 aromatic heterocycles. The number of rotatable bonds is 5. The number of thioether (sulfide) groups is 1. The standard InChI is InChI=1S/C12H21N3S/c1-13-11(12-7-8-14-15(12)2)9-16-10-5-3-4-6-10/h7-8,10-11,13H,3-6,9H2,1-2H3. The molecular formula is C12H21N3S. The van der Waals surface area contributed by atoms with Gasteiger partial charge in [-0.05, 0) is 26.0 Å². The van der Waals surface area contributed by atoms with Gasteiger partial charge in [-0.25, -0.2) is 0 Å². The molecule has 1 saturated carbocycles. The Hall–Kier alpha value is -0.480. The van der Waals surface area contributed by atoms with Gasteiger partial charge in [-0.3, -0.25) is 4.68 Å². The van der Waals surface area contributed by atoms with Gasteiger partial charge >= 0.3 is 0 Å².